The van der Waals surface area contributed by atoms with Gasteiger partial charge in [-0.05, 0) is 33.6 Å². The molecule has 19 heavy (non-hydrogen) atoms. The molecule has 0 atom stereocenters. The smallest absolute Gasteiger partial charge is 0.408 e. The summed E-state index contributed by atoms with van der Waals surface area (Å²) in [5.74, 6) is -0.587. The van der Waals surface area contributed by atoms with Gasteiger partial charge in [-0.25, -0.2) is 4.79 Å². The Morgan fingerprint density at radius 1 is 1.21 bits per heavy atom. The molecule has 1 aliphatic carbocycles. The van der Waals surface area contributed by atoms with Crippen LogP contribution in [-0.4, -0.2) is 29.2 Å². The highest BCUT2D eigenvalue weighted by molar-refractivity contribution is 5.94. The molecule has 1 N–H and O–H groups in total. The fourth-order valence-corrected chi connectivity index (χ4v) is 1.59. The second-order valence-electron chi connectivity index (χ2n) is 5.75. The molecule has 110 valence electrons. The Labute approximate surface area is 109 Å². The molecule has 0 aromatic heterocycles. The largest absolute Gasteiger partial charge is 0.444 e. The van der Waals surface area contributed by atoms with Gasteiger partial charge in [-0.15, -0.1) is 0 Å². The number of carbonyl (C=O) groups excluding carboxylic acids is 2. The number of rotatable bonds is 4. The molecular formula is C12H18F3NO3. The van der Waals surface area contributed by atoms with Crippen LogP contribution >= 0.6 is 0 Å². The SMILES string of the molecule is CC(C)(C)OC(=O)NC1(C(=O)CCC(F)(F)F)CC1. The lowest BCUT2D eigenvalue weighted by atomic mass is 10.1. The number of ether oxygens (including phenoxy) is 1. The van der Waals surface area contributed by atoms with Crippen molar-refractivity contribution in [3.8, 4) is 0 Å². The molecule has 0 aromatic rings. The molecule has 1 rings (SSSR count). The Morgan fingerprint density at radius 3 is 2.11 bits per heavy atom. The topological polar surface area (TPSA) is 55.4 Å². The first kappa shape index (κ1) is 15.8. The lowest BCUT2D eigenvalue weighted by Crippen LogP contribution is -2.45. The molecule has 0 unspecified atom stereocenters. The number of nitrogens with one attached hydrogen (secondary N) is 1. The van der Waals surface area contributed by atoms with Gasteiger partial charge in [0.15, 0.2) is 5.78 Å². The molecule has 4 nitrogen and oxygen atoms in total. The highest BCUT2D eigenvalue weighted by Crippen LogP contribution is 2.38. The number of alkyl carbamates (subject to hydrolysis) is 1. The van der Waals surface area contributed by atoms with E-state index in [0.29, 0.717) is 12.8 Å². The summed E-state index contributed by atoms with van der Waals surface area (Å²) >= 11 is 0. The van der Waals surface area contributed by atoms with E-state index in [4.69, 9.17) is 4.74 Å². The van der Waals surface area contributed by atoms with Crippen molar-refractivity contribution < 1.29 is 27.5 Å². The summed E-state index contributed by atoms with van der Waals surface area (Å²) in [6.45, 7) is 4.99. The van der Waals surface area contributed by atoms with Gasteiger partial charge < -0.3 is 10.1 Å². The van der Waals surface area contributed by atoms with Gasteiger partial charge in [-0.2, -0.15) is 13.2 Å². The van der Waals surface area contributed by atoms with Crippen LogP contribution < -0.4 is 5.32 Å². The normalized spacial score (nSPS) is 17.8. The molecule has 0 radical (unpaired) electrons. The van der Waals surface area contributed by atoms with Crippen molar-refractivity contribution in [1.29, 1.82) is 0 Å². The van der Waals surface area contributed by atoms with E-state index in [1.54, 1.807) is 20.8 Å². The van der Waals surface area contributed by atoms with Crippen LogP contribution in [0.5, 0.6) is 0 Å². The Balaban J connectivity index is 2.48. The zero-order valence-corrected chi connectivity index (χ0v) is 11.2. The predicted octanol–water partition coefficient (Wildman–Crippen LogP) is 2.96. The lowest BCUT2D eigenvalue weighted by molar-refractivity contribution is -0.144. The second kappa shape index (κ2) is 5.02. The van der Waals surface area contributed by atoms with Gasteiger partial charge in [0.2, 0.25) is 0 Å². The molecule has 1 amide bonds. The number of hydrogen-bond acceptors (Lipinski definition) is 3. The Hall–Kier alpha value is -1.27. The van der Waals surface area contributed by atoms with Crippen LogP contribution in [0.4, 0.5) is 18.0 Å². The zero-order chi connectivity index (χ0) is 14.9. The lowest BCUT2D eigenvalue weighted by Gasteiger charge is -2.23. The Bertz CT molecular complexity index is 367. The molecule has 0 aromatic carbocycles. The Kier molecular flexibility index (Phi) is 4.17. The summed E-state index contributed by atoms with van der Waals surface area (Å²) in [5.41, 5.74) is -1.86. The zero-order valence-electron chi connectivity index (χ0n) is 11.2. The monoisotopic (exact) mass is 281 g/mol. The summed E-state index contributed by atoms with van der Waals surface area (Å²) in [4.78, 5) is 23.2. The number of alkyl halides is 3. The van der Waals surface area contributed by atoms with Crippen LogP contribution in [0.3, 0.4) is 0 Å². The van der Waals surface area contributed by atoms with Gasteiger partial charge in [0.1, 0.15) is 11.1 Å². The third kappa shape index (κ3) is 5.48. The number of halogens is 3. The molecule has 1 fully saturated rings. The summed E-state index contributed by atoms with van der Waals surface area (Å²) in [7, 11) is 0. The maximum atomic E-state index is 12.0. The molecule has 0 spiro atoms. The maximum absolute atomic E-state index is 12.0. The van der Waals surface area contributed by atoms with Crippen molar-refractivity contribution >= 4 is 11.9 Å². The standard InChI is InChI=1S/C12H18F3NO3/c1-10(2,3)19-9(18)16-11(6-7-11)8(17)4-5-12(13,14)15/h4-7H2,1-3H3,(H,16,18). The fourth-order valence-electron chi connectivity index (χ4n) is 1.59. The van der Waals surface area contributed by atoms with E-state index in [-0.39, 0.29) is 0 Å². The van der Waals surface area contributed by atoms with Crippen molar-refractivity contribution in [1.82, 2.24) is 5.32 Å². The van der Waals surface area contributed by atoms with Crippen molar-refractivity contribution in [3.63, 3.8) is 0 Å². The minimum Gasteiger partial charge on any atom is -0.444 e. The summed E-state index contributed by atoms with van der Waals surface area (Å²) in [6.07, 6.45) is -6.18. The number of carbonyl (C=O) groups is 2. The summed E-state index contributed by atoms with van der Waals surface area (Å²) in [6, 6.07) is 0. The number of ketones is 1. The molecule has 1 aliphatic rings. The molecule has 0 bridgehead atoms. The second-order valence-corrected chi connectivity index (χ2v) is 5.75. The van der Waals surface area contributed by atoms with E-state index >= 15 is 0 Å². The molecule has 0 saturated heterocycles. The van der Waals surface area contributed by atoms with Gasteiger partial charge in [0.25, 0.3) is 0 Å². The average Bonchev–Trinajstić information content (AvgIpc) is 2.90. The van der Waals surface area contributed by atoms with Gasteiger partial charge >= 0.3 is 12.3 Å². The summed E-state index contributed by atoms with van der Waals surface area (Å²) in [5, 5.41) is 2.38. The van der Waals surface area contributed by atoms with Crippen LogP contribution in [0.15, 0.2) is 0 Å². The van der Waals surface area contributed by atoms with Crippen molar-refractivity contribution in [2.75, 3.05) is 0 Å². The minimum absolute atomic E-state index is 0.364. The molecule has 7 heteroatoms. The quantitative estimate of drug-likeness (QED) is 0.862. The van der Waals surface area contributed by atoms with Crippen LogP contribution in [0.25, 0.3) is 0 Å². The van der Waals surface area contributed by atoms with E-state index in [0.717, 1.165) is 0 Å². The van der Waals surface area contributed by atoms with E-state index < -0.39 is 42.0 Å². The molecule has 0 aliphatic heterocycles. The van der Waals surface area contributed by atoms with E-state index in [9.17, 15) is 22.8 Å². The van der Waals surface area contributed by atoms with Gasteiger partial charge in [0.05, 0.1) is 6.42 Å². The van der Waals surface area contributed by atoms with Crippen molar-refractivity contribution in [2.45, 2.75) is 63.8 Å². The van der Waals surface area contributed by atoms with Gasteiger partial charge in [0, 0.05) is 6.42 Å². The summed E-state index contributed by atoms with van der Waals surface area (Å²) < 4.78 is 41.1. The first-order chi connectivity index (χ1) is 8.44. The molecule has 1 saturated carbocycles. The predicted molar refractivity (Wildman–Crippen MR) is 61.6 cm³/mol. The molecule has 0 heterocycles. The average molecular weight is 281 g/mol. The number of amides is 1. The van der Waals surface area contributed by atoms with Crippen LogP contribution in [0.1, 0.15) is 46.5 Å². The highest BCUT2D eigenvalue weighted by atomic mass is 19.4. The third-order valence-electron chi connectivity index (χ3n) is 2.66. The maximum Gasteiger partial charge on any atom is 0.408 e. The van der Waals surface area contributed by atoms with Crippen LogP contribution in [0.2, 0.25) is 0 Å². The van der Waals surface area contributed by atoms with Gasteiger partial charge in [-0.3, -0.25) is 4.79 Å². The first-order valence-electron chi connectivity index (χ1n) is 6.05. The fraction of sp³-hybridized carbons (Fsp3) is 0.833. The van der Waals surface area contributed by atoms with Crippen molar-refractivity contribution in [3.05, 3.63) is 0 Å². The molecular weight excluding hydrogens is 263 g/mol. The van der Waals surface area contributed by atoms with E-state index in [1.807, 2.05) is 0 Å². The highest BCUT2D eigenvalue weighted by Gasteiger charge is 2.51. The van der Waals surface area contributed by atoms with Crippen LogP contribution in [-0.2, 0) is 9.53 Å². The first-order valence-corrected chi connectivity index (χ1v) is 6.05. The number of Topliss-reactive ketones (excluding diaryl/α,β-unsaturated/α-hetero) is 1. The minimum atomic E-state index is -4.36. The van der Waals surface area contributed by atoms with E-state index in [2.05, 4.69) is 5.32 Å². The Morgan fingerprint density at radius 2 is 1.74 bits per heavy atom. The van der Waals surface area contributed by atoms with Crippen LogP contribution in [0, 0.1) is 0 Å². The van der Waals surface area contributed by atoms with Crippen molar-refractivity contribution in [2.24, 2.45) is 0 Å². The number of hydrogen-bond donors (Lipinski definition) is 1. The van der Waals surface area contributed by atoms with Gasteiger partial charge in [-0.1, -0.05) is 0 Å². The van der Waals surface area contributed by atoms with E-state index in [1.165, 1.54) is 0 Å². The third-order valence-corrected chi connectivity index (χ3v) is 2.66.